The third-order valence-electron chi connectivity index (χ3n) is 3.05. The Balaban J connectivity index is 2.22. The van der Waals surface area contributed by atoms with Gasteiger partial charge in [-0.2, -0.15) is 0 Å². The molecule has 0 bridgehead atoms. The predicted octanol–water partition coefficient (Wildman–Crippen LogP) is 2.35. The number of ether oxygens (including phenoxy) is 1. The summed E-state index contributed by atoms with van der Waals surface area (Å²) in [5.74, 6) is 0. The minimum absolute atomic E-state index is 0.377. The van der Waals surface area contributed by atoms with Crippen LogP contribution in [-0.4, -0.2) is 27.7 Å². The second kappa shape index (κ2) is 3.71. The molecule has 0 radical (unpaired) electrons. The first kappa shape index (κ1) is 10.1. The fourth-order valence-electron chi connectivity index (χ4n) is 2.24. The molecule has 1 aliphatic heterocycles. The van der Waals surface area contributed by atoms with Gasteiger partial charge in [0.05, 0.1) is 18.0 Å². The fraction of sp³-hybridized carbons (Fsp3) is 0.455. The number of aryl methyl sites for hydroxylation is 1. The van der Waals surface area contributed by atoms with E-state index in [4.69, 9.17) is 16.3 Å². The third kappa shape index (κ3) is 1.41. The number of fused-ring (bicyclic) bond motifs is 1. The second-order valence-corrected chi connectivity index (χ2v) is 4.46. The molecule has 0 saturated carbocycles. The van der Waals surface area contributed by atoms with Crippen LogP contribution in [0.1, 0.15) is 18.0 Å². The van der Waals surface area contributed by atoms with Crippen LogP contribution in [0.4, 0.5) is 0 Å². The van der Waals surface area contributed by atoms with Crippen LogP contribution in [-0.2, 0) is 4.74 Å². The first-order valence-corrected chi connectivity index (χ1v) is 5.70. The van der Waals surface area contributed by atoms with Gasteiger partial charge in [0.1, 0.15) is 17.1 Å². The van der Waals surface area contributed by atoms with Crippen molar-refractivity contribution in [2.45, 2.75) is 19.4 Å². The Hall–Kier alpha value is -1.13. The van der Waals surface area contributed by atoms with Gasteiger partial charge in [-0.25, -0.2) is 9.97 Å². The van der Waals surface area contributed by atoms with E-state index < -0.39 is 0 Å². The van der Waals surface area contributed by atoms with Crippen molar-refractivity contribution in [1.29, 1.82) is 0 Å². The van der Waals surface area contributed by atoms with Crippen molar-refractivity contribution >= 4 is 22.6 Å². The lowest BCUT2D eigenvalue weighted by molar-refractivity contribution is 0.187. The highest BCUT2D eigenvalue weighted by molar-refractivity contribution is 6.34. The van der Waals surface area contributed by atoms with Crippen LogP contribution in [0.15, 0.2) is 12.5 Å². The fourth-order valence-corrected chi connectivity index (χ4v) is 2.52. The van der Waals surface area contributed by atoms with Crippen molar-refractivity contribution < 1.29 is 4.74 Å². The topological polar surface area (TPSA) is 39.9 Å². The molecule has 1 aliphatic rings. The van der Waals surface area contributed by atoms with Gasteiger partial charge in [-0.15, -0.1) is 0 Å². The number of halogens is 1. The van der Waals surface area contributed by atoms with Crippen LogP contribution < -0.4 is 0 Å². The van der Waals surface area contributed by atoms with E-state index in [1.54, 1.807) is 0 Å². The van der Waals surface area contributed by atoms with Gasteiger partial charge in [0, 0.05) is 12.8 Å². The smallest absolute Gasteiger partial charge is 0.145 e. The number of nitrogens with zero attached hydrogens (tertiary/aromatic N) is 3. The van der Waals surface area contributed by atoms with Gasteiger partial charge >= 0.3 is 0 Å². The number of aromatic nitrogens is 3. The molecule has 5 heteroatoms. The van der Waals surface area contributed by atoms with E-state index in [1.807, 2.05) is 6.92 Å². The molecule has 1 atom stereocenters. The van der Waals surface area contributed by atoms with Gasteiger partial charge in [-0.3, -0.25) is 0 Å². The minimum atomic E-state index is 0.377. The lowest BCUT2D eigenvalue weighted by Gasteiger charge is -2.10. The highest BCUT2D eigenvalue weighted by Gasteiger charge is 2.21. The Morgan fingerprint density at radius 3 is 3.12 bits per heavy atom. The maximum absolute atomic E-state index is 6.09. The van der Waals surface area contributed by atoms with Crippen LogP contribution in [0, 0.1) is 6.92 Å². The number of rotatable bonds is 1. The summed E-state index contributed by atoms with van der Waals surface area (Å²) in [6.45, 7) is 3.61. The standard InChI is InChI=1S/C11H12ClN3O/c1-7-4-15(8-2-3-16-5-8)11-9(7)10(12)13-6-14-11/h4,6,8H,2-3,5H2,1H3. The van der Waals surface area contributed by atoms with E-state index >= 15 is 0 Å². The molecule has 84 valence electrons. The summed E-state index contributed by atoms with van der Waals surface area (Å²) in [4.78, 5) is 8.34. The van der Waals surface area contributed by atoms with Crippen LogP contribution in [0.25, 0.3) is 11.0 Å². The molecule has 1 fully saturated rings. The van der Waals surface area contributed by atoms with E-state index in [0.29, 0.717) is 11.2 Å². The van der Waals surface area contributed by atoms with Crippen LogP contribution in [0.2, 0.25) is 5.15 Å². The van der Waals surface area contributed by atoms with Gasteiger partial charge < -0.3 is 9.30 Å². The van der Waals surface area contributed by atoms with Gasteiger partial charge in [-0.1, -0.05) is 11.6 Å². The average molecular weight is 238 g/mol. The van der Waals surface area contributed by atoms with Crippen molar-refractivity contribution in [3.63, 3.8) is 0 Å². The van der Waals surface area contributed by atoms with E-state index in [1.165, 1.54) is 6.33 Å². The van der Waals surface area contributed by atoms with Gasteiger partial charge in [0.25, 0.3) is 0 Å². The Labute approximate surface area is 98.2 Å². The van der Waals surface area contributed by atoms with Crippen LogP contribution in [0.3, 0.4) is 0 Å². The molecular weight excluding hydrogens is 226 g/mol. The normalized spacial score (nSPS) is 20.8. The number of hydrogen-bond acceptors (Lipinski definition) is 3. The van der Waals surface area contributed by atoms with E-state index in [9.17, 15) is 0 Å². The third-order valence-corrected chi connectivity index (χ3v) is 3.34. The SMILES string of the molecule is Cc1cn(C2CCOC2)c2ncnc(Cl)c12. The van der Waals surface area contributed by atoms with E-state index in [-0.39, 0.29) is 0 Å². The molecule has 0 aliphatic carbocycles. The highest BCUT2D eigenvalue weighted by atomic mass is 35.5. The summed E-state index contributed by atoms with van der Waals surface area (Å²) in [7, 11) is 0. The molecule has 0 amide bonds. The molecule has 3 heterocycles. The summed E-state index contributed by atoms with van der Waals surface area (Å²) in [6.07, 6.45) is 4.63. The largest absolute Gasteiger partial charge is 0.379 e. The lowest BCUT2D eigenvalue weighted by Crippen LogP contribution is -2.07. The van der Waals surface area contributed by atoms with E-state index in [2.05, 4.69) is 20.7 Å². The van der Waals surface area contributed by atoms with Crippen molar-refractivity contribution in [2.24, 2.45) is 0 Å². The first-order valence-electron chi connectivity index (χ1n) is 5.33. The monoisotopic (exact) mass is 237 g/mol. The predicted molar refractivity (Wildman–Crippen MR) is 61.7 cm³/mol. The lowest BCUT2D eigenvalue weighted by atomic mass is 10.2. The van der Waals surface area contributed by atoms with Crippen molar-refractivity contribution in [3.05, 3.63) is 23.2 Å². The van der Waals surface area contributed by atoms with Crippen LogP contribution in [0.5, 0.6) is 0 Å². The molecule has 2 aromatic heterocycles. The molecule has 4 nitrogen and oxygen atoms in total. The Morgan fingerprint density at radius 2 is 2.38 bits per heavy atom. The molecule has 3 rings (SSSR count). The summed E-state index contributed by atoms with van der Waals surface area (Å²) in [5.41, 5.74) is 2.03. The highest BCUT2D eigenvalue weighted by Crippen LogP contribution is 2.29. The summed E-state index contributed by atoms with van der Waals surface area (Å²) in [5, 5.41) is 1.48. The zero-order chi connectivity index (χ0) is 11.1. The second-order valence-electron chi connectivity index (χ2n) is 4.10. The van der Waals surface area contributed by atoms with E-state index in [0.717, 1.165) is 36.2 Å². The molecule has 1 unspecified atom stereocenters. The molecule has 0 aromatic carbocycles. The molecule has 0 spiro atoms. The summed E-state index contributed by atoms with van der Waals surface area (Å²) < 4.78 is 7.56. The summed E-state index contributed by atoms with van der Waals surface area (Å²) >= 11 is 6.09. The zero-order valence-corrected chi connectivity index (χ0v) is 9.74. The van der Waals surface area contributed by atoms with Crippen molar-refractivity contribution in [2.75, 3.05) is 13.2 Å². The Kier molecular flexibility index (Phi) is 2.33. The Bertz CT molecular complexity index is 531. The summed E-state index contributed by atoms with van der Waals surface area (Å²) in [6, 6.07) is 0.377. The minimum Gasteiger partial charge on any atom is -0.379 e. The molecule has 0 N–H and O–H groups in total. The zero-order valence-electron chi connectivity index (χ0n) is 8.98. The quantitative estimate of drug-likeness (QED) is 0.715. The molecule has 2 aromatic rings. The first-order chi connectivity index (χ1) is 7.77. The molecular formula is C11H12ClN3O. The number of hydrogen-bond donors (Lipinski definition) is 0. The van der Waals surface area contributed by atoms with Crippen molar-refractivity contribution in [3.8, 4) is 0 Å². The van der Waals surface area contributed by atoms with Gasteiger partial charge in [0.15, 0.2) is 0 Å². The Morgan fingerprint density at radius 1 is 1.50 bits per heavy atom. The van der Waals surface area contributed by atoms with Gasteiger partial charge in [-0.05, 0) is 18.9 Å². The molecule has 16 heavy (non-hydrogen) atoms. The van der Waals surface area contributed by atoms with Crippen molar-refractivity contribution in [1.82, 2.24) is 14.5 Å². The average Bonchev–Trinajstić information content (AvgIpc) is 2.86. The van der Waals surface area contributed by atoms with Gasteiger partial charge in [0.2, 0.25) is 0 Å². The van der Waals surface area contributed by atoms with Crippen LogP contribution >= 0.6 is 11.6 Å². The molecule has 1 saturated heterocycles. The maximum Gasteiger partial charge on any atom is 0.145 e. The maximum atomic E-state index is 6.09.